The molecule has 3 aromatic carbocycles. The fraction of sp³-hybridized carbons (Fsp3) is 0.219. The summed E-state index contributed by atoms with van der Waals surface area (Å²) in [6.45, 7) is 8.51. The number of rotatable bonds is 13. The predicted molar refractivity (Wildman–Crippen MR) is 169 cm³/mol. The van der Waals surface area contributed by atoms with Crippen molar-refractivity contribution in [3.8, 4) is 17.2 Å². The number of ether oxygens (including phenoxy) is 3. The number of thioether (sulfide) groups is 1. The third-order valence-electron chi connectivity index (χ3n) is 6.04. The van der Waals surface area contributed by atoms with Gasteiger partial charge in [-0.05, 0) is 97.8 Å². The van der Waals surface area contributed by atoms with Gasteiger partial charge in [0.2, 0.25) is 5.91 Å². The van der Waals surface area contributed by atoms with Gasteiger partial charge in [0.15, 0.2) is 11.5 Å². The SMILES string of the molecule is C=CCc1cc(/C=C2/SC(=O)N(CC(=O)Nc3ccc(OCC)cc3)C2=O)cc(OCC)c1OCc1ccc(Br)cc1. The lowest BCUT2D eigenvalue weighted by Gasteiger charge is -2.17. The first kappa shape index (κ1) is 30.9. The number of nitrogens with one attached hydrogen (secondary N) is 1. The molecule has 10 heteroatoms. The molecule has 1 aliphatic heterocycles. The number of hydrogen-bond donors (Lipinski definition) is 1. The van der Waals surface area contributed by atoms with Crippen LogP contribution in [0.1, 0.15) is 30.5 Å². The summed E-state index contributed by atoms with van der Waals surface area (Å²) in [5.41, 5.74) is 3.02. The maximum atomic E-state index is 13.1. The van der Waals surface area contributed by atoms with Crippen LogP contribution < -0.4 is 19.5 Å². The van der Waals surface area contributed by atoms with Crippen LogP contribution in [0, 0.1) is 0 Å². The molecule has 218 valence electrons. The van der Waals surface area contributed by atoms with E-state index < -0.39 is 23.6 Å². The molecule has 0 atom stereocenters. The standard InChI is InChI=1S/C32H31BrN2O6S/c1-4-7-23-16-22(17-27(40-6-3)30(23)41-20-21-8-10-24(33)11-9-21)18-28-31(37)35(32(38)42-28)19-29(36)34-25-12-14-26(15-13-25)39-5-2/h4,8-18H,1,5-7,19-20H2,2-3H3,(H,34,36)/b28-18+. The Labute approximate surface area is 257 Å². The number of anilines is 1. The highest BCUT2D eigenvalue weighted by Gasteiger charge is 2.36. The number of nitrogens with zero attached hydrogens (tertiary/aromatic N) is 1. The Bertz CT molecular complexity index is 1490. The maximum Gasteiger partial charge on any atom is 0.294 e. The van der Waals surface area contributed by atoms with Crippen LogP contribution in [-0.4, -0.2) is 41.7 Å². The molecule has 0 aliphatic carbocycles. The quantitative estimate of drug-likeness (QED) is 0.154. The first-order valence-corrected chi connectivity index (χ1v) is 15.0. The summed E-state index contributed by atoms with van der Waals surface area (Å²) in [5, 5.41) is 2.19. The molecule has 0 bridgehead atoms. The highest BCUT2D eigenvalue weighted by Crippen LogP contribution is 2.38. The van der Waals surface area contributed by atoms with Crippen LogP contribution in [-0.2, 0) is 22.6 Å². The summed E-state index contributed by atoms with van der Waals surface area (Å²) in [6.07, 6.45) is 3.89. The second-order valence-electron chi connectivity index (χ2n) is 9.12. The topological polar surface area (TPSA) is 94.2 Å². The van der Waals surface area contributed by atoms with Crippen molar-refractivity contribution in [2.45, 2.75) is 26.9 Å². The summed E-state index contributed by atoms with van der Waals surface area (Å²) in [7, 11) is 0. The van der Waals surface area contributed by atoms with Gasteiger partial charge in [-0.1, -0.05) is 34.1 Å². The molecule has 1 N–H and O–H groups in total. The van der Waals surface area contributed by atoms with Crippen LogP contribution in [0.4, 0.5) is 10.5 Å². The third kappa shape index (κ3) is 8.04. The average Bonchev–Trinajstić information content (AvgIpc) is 3.22. The highest BCUT2D eigenvalue weighted by molar-refractivity contribution is 9.10. The first-order valence-electron chi connectivity index (χ1n) is 13.4. The monoisotopic (exact) mass is 650 g/mol. The number of imide groups is 1. The van der Waals surface area contributed by atoms with E-state index in [1.807, 2.05) is 44.2 Å². The van der Waals surface area contributed by atoms with Gasteiger partial charge in [-0.25, -0.2) is 0 Å². The van der Waals surface area contributed by atoms with Crippen molar-refractivity contribution in [3.63, 3.8) is 0 Å². The van der Waals surface area contributed by atoms with E-state index in [1.54, 1.807) is 42.5 Å². The van der Waals surface area contributed by atoms with E-state index in [0.717, 1.165) is 32.3 Å². The zero-order valence-corrected chi connectivity index (χ0v) is 25.8. The van der Waals surface area contributed by atoms with Crippen molar-refractivity contribution in [1.29, 1.82) is 0 Å². The molecule has 8 nitrogen and oxygen atoms in total. The number of hydrogen-bond acceptors (Lipinski definition) is 7. The van der Waals surface area contributed by atoms with Crippen LogP contribution in [0.3, 0.4) is 0 Å². The van der Waals surface area contributed by atoms with Crippen molar-refractivity contribution in [2.75, 3.05) is 25.1 Å². The molecule has 0 radical (unpaired) electrons. The molecular formula is C32H31BrN2O6S. The van der Waals surface area contributed by atoms with Gasteiger partial charge in [-0.3, -0.25) is 19.3 Å². The van der Waals surface area contributed by atoms with Gasteiger partial charge in [-0.15, -0.1) is 6.58 Å². The predicted octanol–water partition coefficient (Wildman–Crippen LogP) is 7.23. The molecule has 3 aromatic rings. The average molecular weight is 652 g/mol. The minimum Gasteiger partial charge on any atom is -0.494 e. The van der Waals surface area contributed by atoms with Crippen molar-refractivity contribution in [2.24, 2.45) is 0 Å². The first-order chi connectivity index (χ1) is 20.3. The molecule has 1 fully saturated rings. The Morgan fingerprint density at radius 2 is 1.71 bits per heavy atom. The summed E-state index contributed by atoms with van der Waals surface area (Å²) in [5.74, 6) is 0.775. The van der Waals surface area contributed by atoms with E-state index in [1.165, 1.54) is 0 Å². The Morgan fingerprint density at radius 1 is 1.00 bits per heavy atom. The van der Waals surface area contributed by atoms with E-state index >= 15 is 0 Å². The zero-order valence-electron chi connectivity index (χ0n) is 23.4. The summed E-state index contributed by atoms with van der Waals surface area (Å²) in [6, 6.07) is 18.4. The van der Waals surface area contributed by atoms with Gasteiger partial charge in [0.1, 0.15) is 18.9 Å². The molecule has 0 unspecified atom stereocenters. The van der Waals surface area contributed by atoms with E-state index in [2.05, 4.69) is 27.8 Å². The maximum absolute atomic E-state index is 13.1. The summed E-state index contributed by atoms with van der Waals surface area (Å²) >= 11 is 4.23. The fourth-order valence-corrected chi connectivity index (χ4v) is 5.27. The molecule has 1 aliphatic rings. The molecule has 1 heterocycles. The highest BCUT2D eigenvalue weighted by atomic mass is 79.9. The van der Waals surface area contributed by atoms with Gasteiger partial charge in [0.05, 0.1) is 18.1 Å². The van der Waals surface area contributed by atoms with Crippen LogP contribution in [0.2, 0.25) is 0 Å². The number of allylic oxidation sites excluding steroid dienone is 1. The molecule has 3 amide bonds. The molecule has 4 rings (SSSR count). The van der Waals surface area contributed by atoms with E-state index in [0.29, 0.717) is 54.7 Å². The second kappa shape index (κ2) is 14.7. The Hall–Kier alpha value is -4.02. The van der Waals surface area contributed by atoms with Crippen molar-refractivity contribution in [1.82, 2.24) is 4.90 Å². The van der Waals surface area contributed by atoms with Crippen molar-refractivity contribution < 1.29 is 28.6 Å². The van der Waals surface area contributed by atoms with Crippen LogP contribution in [0.5, 0.6) is 17.2 Å². The van der Waals surface area contributed by atoms with Gasteiger partial charge < -0.3 is 19.5 Å². The van der Waals surface area contributed by atoms with Gasteiger partial charge >= 0.3 is 0 Å². The second-order valence-corrected chi connectivity index (χ2v) is 11.0. The van der Waals surface area contributed by atoms with E-state index in [9.17, 15) is 14.4 Å². The molecule has 42 heavy (non-hydrogen) atoms. The molecular weight excluding hydrogens is 620 g/mol. The number of halogens is 1. The van der Waals surface area contributed by atoms with Gasteiger partial charge in [0, 0.05) is 15.7 Å². The summed E-state index contributed by atoms with van der Waals surface area (Å²) < 4.78 is 18.5. The molecule has 0 aromatic heterocycles. The van der Waals surface area contributed by atoms with Crippen molar-refractivity contribution in [3.05, 3.63) is 99.4 Å². The smallest absolute Gasteiger partial charge is 0.294 e. The number of benzene rings is 3. The Balaban J connectivity index is 1.50. The molecule has 0 saturated carbocycles. The zero-order chi connectivity index (χ0) is 30.1. The van der Waals surface area contributed by atoms with E-state index in [-0.39, 0.29) is 4.91 Å². The summed E-state index contributed by atoms with van der Waals surface area (Å²) in [4.78, 5) is 39.6. The van der Waals surface area contributed by atoms with Gasteiger partial charge in [0.25, 0.3) is 11.1 Å². The van der Waals surface area contributed by atoms with Crippen LogP contribution in [0.15, 0.2) is 82.7 Å². The van der Waals surface area contributed by atoms with Crippen LogP contribution in [0.25, 0.3) is 6.08 Å². The molecule has 0 spiro atoms. The number of carbonyl (C=O) groups excluding carboxylic acids is 3. The third-order valence-corrected chi connectivity index (χ3v) is 7.47. The van der Waals surface area contributed by atoms with Crippen LogP contribution >= 0.6 is 27.7 Å². The Kier molecular flexibility index (Phi) is 10.9. The minimum absolute atomic E-state index is 0.212. The lowest BCUT2D eigenvalue weighted by molar-refractivity contribution is -0.127. The van der Waals surface area contributed by atoms with E-state index in [4.69, 9.17) is 14.2 Å². The number of carbonyl (C=O) groups is 3. The lowest BCUT2D eigenvalue weighted by atomic mass is 10.0. The fourth-order valence-electron chi connectivity index (χ4n) is 4.17. The molecule has 1 saturated heterocycles. The minimum atomic E-state index is -0.536. The number of amides is 3. The lowest BCUT2D eigenvalue weighted by Crippen LogP contribution is -2.36. The Morgan fingerprint density at radius 3 is 2.38 bits per heavy atom. The van der Waals surface area contributed by atoms with Gasteiger partial charge in [-0.2, -0.15) is 0 Å². The normalized spacial score (nSPS) is 13.8. The largest absolute Gasteiger partial charge is 0.494 e. The van der Waals surface area contributed by atoms with Crippen molar-refractivity contribution >= 4 is 56.5 Å².